The van der Waals surface area contributed by atoms with Crippen molar-refractivity contribution < 1.29 is 13.2 Å². The van der Waals surface area contributed by atoms with Gasteiger partial charge in [-0.2, -0.15) is 5.10 Å². The van der Waals surface area contributed by atoms with Crippen LogP contribution in [0.15, 0.2) is 0 Å². The summed E-state index contributed by atoms with van der Waals surface area (Å²) in [7, 11) is 0.640. The van der Waals surface area contributed by atoms with E-state index in [9.17, 15) is 13.2 Å². The fourth-order valence-electron chi connectivity index (χ4n) is 2.47. The summed E-state index contributed by atoms with van der Waals surface area (Å²) in [6, 6.07) is -0.0801. The molecule has 0 spiro atoms. The van der Waals surface area contributed by atoms with Gasteiger partial charge in [-0.3, -0.25) is 9.48 Å². The van der Waals surface area contributed by atoms with Crippen LogP contribution in [0.4, 0.5) is 5.82 Å². The number of aryl methyl sites for hydroxylation is 2. The highest BCUT2D eigenvalue weighted by atomic mass is 32.2. The number of carbonyl (C=O) groups excluding carboxylic acids is 1. The predicted octanol–water partition coefficient (Wildman–Crippen LogP) is 0.164. The van der Waals surface area contributed by atoms with Gasteiger partial charge in [0.2, 0.25) is 0 Å². The van der Waals surface area contributed by atoms with Crippen LogP contribution in [0.1, 0.15) is 22.5 Å². The average molecular weight is 271 g/mol. The molecule has 1 unspecified atom stereocenters. The first-order valence-electron chi connectivity index (χ1n) is 5.78. The minimum Gasteiger partial charge on any atom is -0.355 e. The molecule has 0 saturated carbocycles. The van der Waals surface area contributed by atoms with Crippen LogP contribution in [0.25, 0.3) is 0 Å². The largest absolute Gasteiger partial charge is 0.355 e. The van der Waals surface area contributed by atoms with Crippen molar-refractivity contribution in [1.82, 2.24) is 9.78 Å². The van der Waals surface area contributed by atoms with Gasteiger partial charge in [0.25, 0.3) is 0 Å². The smallest absolute Gasteiger partial charge is 0.155 e. The second kappa shape index (κ2) is 4.38. The van der Waals surface area contributed by atoms with Crippen molar-refractivity contribution in [1.29, 1.82) is 0 Å². The van der Waals surface area contributed by atoms with Crippen molar-refractivity contribution in [3.05, 3.63) is 11.3 Å². The zero-order valence-electron chi connectivity index (χ0n) is 10.8. The molecule has 0 radical (unpaired) electrons. The Kier molecular flexibility index (Phi) is 3.18. The SMILES string of the molecule is Cc1nn(C)c(N(C)C2CCS(=O)(=O)C2)c1C=O. The van der Waals surface area contributed by atoms with Gasteiger partial charge in [0.05, 0.1) is 22.8 Å². The first-order valence-corrected chi connectivity index (χ1v) is 7.60. The van der Waals surface area contributed by atoms with E-state index in [2.05, 4.69) is 5.10 Å². The van der Waals surface area contributed by atoms with Gasteiger partial charge in [-0.05, 0) is 13.3 Å². The van der Waals surface area contributed by atoms with Gasteiger partial charge >= 0.3 is 0 Å². The lowest BCUT2D eigenvalue weighted by Crippen LogP contribution is -2.34. The highest BCUT2D eigenvalue weighted by Gasteiger charge is 2.33. The van der Waals surface area contributed by atoms with E-state index in [0.717, 1.165) is 6.29 Å². The van der Waals surface area contributed by atoms with Crippen molar-refractivity contribution in [3.63, 3.8) is 0 Å². The number of hydrogen-bond acceptors (Lipinski definition) is 5. The summed E-state index contributed by atoms with van der Waals surface area (Å²) in [5.41, 5.74) is 1.19. The number of aldehydes is 1. The summed E-state index contributed by atoms with van der Waals surface area (Å²) in [4.78, 5) is 13.0. The summed E-state index contributed by atoms with van der Waals surface area (Å²) < 4.78 is 24.6. The monoisotopic (exact) mass is 271 g/mol. The third-order valence-electron chi connectivity index (χ3n) is 3.45. The van der Waals surface area contributed by atoms with Crippen molar-refractivity contribution in [2.45, 2.75) is 19.4 Å². The van der Waals surface area contributed by atoms with Crippen LogP contribution in [0, 0.1) is 6.92 Å². The number of aromatic nitrogens is 2. The maximum atomic E-state index is 11.5. The molecule has 1 fully saturated rings. The molecule has 0 amide bonds. The average Bonchev–Trinajstić information content (AvgIpc) is 2.77. The number of hydrogen-bond donors (Lipinski definition) is 0. The molecule has 18 heavy (non-hydrogen) atoms. The summed E-state index contributed by atoms with van der Waals surface area (Å²) in [6.45, 7) is 1.77. The Morgan fingerprint density at radius 1 is 1.50 bits per heavy atom. The van der Waals surface area contributed by atoms with Gasteiger partial charge in [0.1, 0.15) is 5.82 Å². The summed E-state index contributed by atoms with van der Waals surface area (Å²) in [5.74, 6) is 1.05. The van der Waals surface area contributed by atoms with Crippen LogP contribution < -0.4 is 4.90 Å². The third kappa shape index (κ3) is 2.14. The molecule has 1 aromatic rings. The van der Waals surface area contributed by atoms with Crippen molar-refractivity contribution in [3.8, 4) is 0 Å². The van der Waals surface area contributed by atoms with Crippen LogP contribution in [0.5, 0.6) is 0 Å². The van der Waals surface area contributed by atoms with Crippen molar-refractivity contribution in [2.75, 3.05) is 23.5 Å². The van der Waals surface area contributed by atoms with Crippen molar-refractivity contribution >= 4 is 21.9 Å². The Labute approximate surface area is 106 Å². The maximum absolute atomic E-state index is 11.5. The number of rotatable bonds is 3. The molecule has 2 rings (SSSR count). The number of nitrogens with zero attached hydrogens (tertiary/aromatic N) is 3. The fourth-order valence-corrected chi connectivity index (χ4v) is 4.25. The predicted molar refractivity (Wildman–Crippen MR) is 68.8 cm³/mol. The van der Waals surface area contributed by atoms with E-state index in [1.165, 1.54) is 0 Å². The highest BCUT2D eigenvalue weighted by Crippen LogP contribution is 2.26. The second-order valence-corrected chi connectivity index (χ2v) is 6.96. The molecular formula is C11H17N3O3S. The van der Waals surface area contributed by atoms with Gasteiger partial charge in [0, 0.05) is 20.1 Å². The van der Waals surface area contributed by atoms with E-state index in [1.54, 1.807) is 18.7 Å². The summed E-state index contributed by atoms with van der Waals surface area (Å²) in [5, 5.41) is 4.20. The first-order chi connectivity index (χ1) is 8.35. The highest BCUT2D eigenvalue weighted by molar-refractivity contribution is 7.91. The summed E-state index contributed by atoms with van der Waals surface area (Å²) in [6.07, 6.45) is 1.37. The van der Waals surface area contributed by atoms with Crippen LogP contribution >= 0.6 is 0 Å². The van der Waals surface area contributed by atoms with E-state index >= 15 is 0 Å². The van der Waals surface area contributed by atoms with Crippen LogP contribution in [0.3, 0.4) is 0 Å². The Balaban J connectivity index is 2.35. The fraction of sp³-hybridized carbons (Fsp3) is 0.636. The van der Waals surface area contributed by atoms with Crippen LogP contribution in [-0.4, -0.2) is 49.1 Å². The zero-order chi connectivity index (χ0) is 13.5. The Hall–Kier alpha value is -1.37. The minimum atomic E-state index is -2.93. The lowest BCUT2D eigenvalue weighted by molar-refractivity contribution is 0.112. The van der Waals surface area contributed by atoms with Gasteiger partial charge < -0.3 is 4.90 Å². The molecule has 0 aliphatic carbocycles. The molecular weight excluding hydrogens is 254 g/mol. The van der Waals surface area contributed by atoms with Crippen LogP contribution in [-0.2, 0) is 16.9 Å². The summed E-state index contributed by atoms with van der Waals surface area (Å²) >= 11 is 0. The number of anilines is 1. The van der Waals surface area contributed by atoms with Gasteiger partial charge in [-0.25, -0.2) is 8.42 Å². The van der Waals surface area contributed by atoms with E-state index in [0.29, 0.717) is 23.5 Å². The second-order valence-electron chi connectivity index (χ2n) is 4.73. The Morgan fingerprint density at radius 3 is 2.67 bits per heavy atom. The standard InChI is InChI=1S/C11H17N3O3S/c1-8-10(6-15)11(14(3)12-8)13(2)9-4-5-18(16,17)7-9/h6,9H,4-5,7H2,1-3H3. The van der Waals surface area contributed by atoms with Gasteiger partial charge in [-0.15, -0.1) is 0 Å². The lowest BCUT2D eigenvalue weighted by atomic mass is 10.2. The van der Waals surface area contributed by atoms with E-state index in [-0.39, 0.29) is 17.5 Å². The third-order valence-corrected chi connectivity index (χ3v) is 5.20. The molecule has 7 heteroatoms. The minimum absolute atomic E-state index is 0.0801. The maximum Gasteiger partial charge on any atom is 0.155 e. The quantitative estimate of drug-likeness (QED) is 0.733. The zero-order valence-corrected chi connectivity index (χ0v) is 11.6. The molecule has 100 valence electrons. The Morgan fingerprint density at radius 2 is 2.17 bits per heavy atom. The molecule has 1 saturated heterocycles. The van der Waals surface area contributed by atoms with Crippen molar-refractivity contribution in [2.24, 2.45) is 7.05 Å². The van der Waals surface area contributed by atoms with Gasteiger partial charge in [-0.1, -0.05) is 0 Å². The lowest BCUT2D eigenvalue weighted by Gasteiger charge is -2.25. The molecule has 0 bridgehead atoms. The number of carbonyl (C=O) groups is 1. The van der Waals surface area contributed by atoms with E-state index in [1.807, 2.05) is 11.9 Å². The molecule has 0 aromatic carbocycles. The molecule has 1 aromatic heterocycles. The normalized spacial score (nSPS) is 22.1. The van der Waals surface area contributed by atoms with Gasteiger partial charge in [0.15, 0.2) is 16.1 Å². The molecule has 1 aliphatic heterocycles. The Bertz CT molecular complexity index is 577. The topological polar surface area (TPSA) is 72.3 Å². The molecule has 6 nitrogen and oxygen atoms in total. The molecule has 0 N–H and O–H groups in total. The molecule has 2 heterocycles. The molecule has 1 aliphatic rings. The van der Waals surface area contributed by atoms with E-state index in [4.69, 9.17) is 0 Å². The van der Waals surface area contributed by atoms with E-state index < -0.39 is 9.84 Å². The molecule has 1 atom stereocenters. The number of sulfone groups is 1. The van der Waals surface area contributed by atoms with Crippen LogP contribution in [0.2, 0.25) is 0 Å². The first kappa shape index (κ1) is 13.1.